The van der Waals surface area contributed by atoms with Gasteiger partial charge in [-0.2, -0.15) is 0 Å². The first-order valence-corrected chi connectivity index (χ1v) is 8.06. The number of carbonyl (C=O) groups is 2. The summed E-state index contributed by atoms with van der Waals surface area (Å²) < 4.78 is 0. The zero-order valence-corrected chi connectivity index (χ0v) is 14.8. The number of thiol groups is 1. The highest BCUT2D eigenvalue weighted by atomic mass is 35.5. The summed E-state index contributed by atoms with van der Waals surface area (Å²) in [6, 6.07) is 8.13. The first-order valence-electron chi connectivity index (χ1n) is 7.23. The molecule has 2 aromatic rings. The van der Waals surface area contributed by atoms with Crippen LogP contribution < -0.4 is 4.90 Å². The quantitative estimate of drug-likeness (QED) is 0.517. The van der Waals surface area contributed by atoms with Crippen molar-refractivity contribution in [3.05, 3.63) is 47.5 Å². The van der Waals surface area contributed by atoms with Crippen LogP contribution in [-0.2, 0) is 11.3 Å². The normalized spacial score (nSPS) is 16.8. The van der Waals surface area contributed by atoms with Gasteiger partial charge < -0.3 is 4.90 Å². The third kappa shape index (κ3) is 2.85. The van der Waals surface area contributed by atoms with Crippen LogP contribution in [-0.4, -0.2) is 32.3 Å². The first kappa shape index (κ1) is 16.7. The number of aromatic nitrogens is 2. The van der Waals surface area contributed by atoms with Crippen molar-refractivity contribution in [2.75, 3.05) is 4.90 Å². The second kappa shape index (κ2) is 6.07. The molecule has 1 aromatic heterocycles. The molecule has 0 N–H and O–H groups in total. The Morgan fingerprint density at radius 3 is 2.46 bits per heavy atom. The number of nitrogens with zero attached hydrogens (tertiary/aromatic N) is 4. The highest BCUT2D eigenvalue weighted by Crippen LogP contribution is 2.33. The van der Waals surface area contributed by atoms with Gasteiger partial charge in [0.15, 0.2) is 0 Å². The third-order valence-electron chi connectivity index (χ3n) is 3.94. The number of amides is 3. The van der Waals surface area contributed by atoms with Gasteiger partial charge in [-0.15, -0.1) is 12.6 Å². The molecule has 0 atom stereocenters. The van der Waals surface area contributed by atoms with Gasteiger partial charge in [0.25, 0.3) is 5.91 Å². The average molecular weight is 363 g/mol. The van der Waals surface area contributed by atoms with E-state index in [-0.39, 0.29) is 17.7 Å². The van der Waals surface area contributed by atoms with E-state index in [1.807, 2.05) is 0 Å². The average Bonchev–Trinajstić information content (AvgIpc) is 2.69. The molecule has 0 spiro atoms. The zero-order chi connectivity index (χ0) is 17.5. The Hall–Kier alpha value is -2.12. The highest BCUT2D eigenvalue weighted by Gasteiger charge is 2.51. The van der Waals surface area contributed by atoms with E-state index < -0.39 is 11.6 Å². The predicted molar refractivity (Wildman–Crippen MR) is 93.2 cm³/mol. The molecule has 0 saturated carbocycles. The van der Waals surface area contributed by atoms with Crippen LogP contribution in [0.5, 0.6) is 0 Å². The maximum absolute atomic E-state index is 12.8. The van der Waals surface area contributed by atoms with Crippen LogP contribution in [0.4, 0.5) is 10.5 Å². The smallest absolute Gasteiger partial charge is 0.304 e. The molecule has 1 saturated heterocycles. The van der Waals surface area contributed by atoms with Crippen molar-refractivity contribution in [2.24, 2.45) is 0 Å². The van der Waals surface area contributed by atoms with Gasteiger partial charge in [-0.05, 0) is 55.8 Å². The molecular formula is C16H15ClN4O2S. The number of carbonyl (C=O) groups excluding carboxylic acids is 2. The lowest BCUT2D eigenvalue weighted by atomic mass is 10.0. The Bertz CT molecular complexity index is 810. The van der Waals surface area contributed by atoms with Crippen molar-refractivity contribution in [2.45, 2.75) is 30.8 Å². The van der Waals surface area contributed by atoms with Crippen molar-refractivity contribution in [3.8, 4) is 0 Å². The monoisotopic (exact) mass is 362 g/mol. The van der Waals surface area contributed by atoms with E-state index in [4.69, 9.17) is 11.6 Å². The number of benzene rings is 1. The van der Waals surface area contributed by atoms with Gasteiger partial charge in [-0.25, -0.2) is 19.7 Å². The Morgan fingerprint density at radius 1 is 1.17 bits per heavy atom. The minimum atomic E-state index is -0.992. The number of hydrogen-bond acceptors (Lipinski definition) is 5. The van der Waals surface area contributed by atoms with Crippen LogP contribution in [0.25, 0.3) is 0 Å². The van der Waals surface area contributed by atoms with Gasteiger partial charge in [0.1, 0.15) is 5.54 Å². The van der Waals surface area contributed by atoms with E-state index in [1.54, 1.807) is 44.2 Å². The second-order valence-electron chi connectivity index (χ2n) is 5.90. The summed E-state index contributed by atoms with van der Waals surface area (Å²) >= 11 is 10.0. The molecule has 0 bridgehead atoms. The van der Waals surface area contributed by atoms with Gasteiger partial charge in [-0.1, -0.05) is 0 Å². The summed E-state index contributed by atoms with van der Waals surface area (Å²) in [6.45, 7) is 3.59. The molecule has 1 aromatic carbocycles. The lowest BCUT2D eigenvalue weighted by Gasteiger charge is -2.27. The summed E-state index contributed by atoms with van der Waals surface area (Å²) in [5.74, 6) is -0.292. The molecule has 3 amide bonds. The molecule has 1 aliphatic rings. The van der Waals surface area contributed by atoms with Gasteiger partial charge in [0.2, 0.25) is 5.28 Å². The molecule has 3 rings (SSSR count). The predicted octanol–water partition coefficient (Wildman–Crippen LogP) is 3.17. The number of imide groups is 1. The van der Waals surface area contributed by atoms with Crippen molar-refractivity contribution in [1.29, 1.82) is 0 Å². The first-order chi connectivity index (χ1) is 11.3. The summed E-state index contributed by atoms with van der Waals surface area (Å²) in [5, 5.41) is 0.101. The topological polar surface area (TPSA) is 66.4 Å². The fraction of sp³-hybridized carbons (Fsp3) is 0.250. The van der Waals surface area contributed by atoms with Crippen LogP contribution >= 0.6 is 24.2 Å². The Morgan fingerprint density at radius 2 is 1.83 bits per heavy atom. The van der Waals surface area contributed by atoms with Crippen LogP contribution in [0, 0.1) is 0 Å². The number of hydrogen-bond donors (Lipinski definition) is 1. The van der Waals surface area contributed by atoms with E-state index >= 15 is 0 Å². The molecule has 0 radical (unpaired) electrons. The van der Waals surface area contributed by atoms with E-state index in [1.165, 1.54) is 16.0 Å². The molecule has 1 aliphatic heterocycles. The molecule has 0 aliphatic carbocycles. The summed E-state index contributed by atoms with van der Waals surface area (Å²) in [5.41, 5.74) is 0.0876. The summed E-state index contributed by atoms with van der Waals surface area (Å²) in [4.78, 5) is 36.9. The molecule has 1 fully saturated rings. The Labute approximate surface area is 149 Å². The molecular weight excluding hydrogens is 348 g/mol. The molecule has 24 heavy (non-hydrogen) atoms. The van der Waals surface area contributed by atoms with Crippen molar-refractivity contribution < 1.29 is 9.59 Å². The van der Waals surface area contributed by atoms with Crippen LogP contribution in [0.2, 0.25) is 5.28 Å². The third-order valence-corrected chi connectivity index (χ3v) is 4.42. The summed E-state index contributed by atoms with van der Waals surface area (Å²) in [6.07, 6.45) is 1.52. The minimum Gasteiger partial charge on any atom is -0.304 e. The molecule has 0 unspecified atom stereocenters. The minimum absolute atomic E-state index is 0.101. The Kier molecular flexibility index (Phi) is 4.23. The SMILES string of the molecule is CC1(C)C(=O)N(c2ccc(S)cc2)C(=O)N1Cc1ccnc(Cl)n1. The van der Waals surface area contributed by atoms with E-state index in [2.05, 4.69) is 22.6 Å². The molecule has 124 valence electrons. The summed E-state index contributed by atoms with van der Waals surface area (Å²) in [7, 11) is 0. The lowest BCUT2D eigenvalue weighted by molar-refractivity contribution is -0.123. The van der Waals surface area contributed by atoms with Gasteiger partial charge >= 0.3 is 6.03 Å². The van der Waals surface area contributed by atoms with Crippen molar-refractivity contribution >= 4 is 41.9 Å². The van der Waals surface area contributed by atoms with Crippen LogP contribution in [0.1, 0.15) is 19.5 Å². The molecule has 2 heterocycles. The standard InChI is InChI=1S/C16H15ClN4O2S/c1-16(2)13(22)21(11-3-5-12(24)6-4-11)15(23)20(16)9-10-7-8-18-14(17)19-10/h3-8,24H,9H2,1-2H3. The second-order valence-corrected chi connectivity index (χ2v) is 6.76. The van der Waals surface area contributed by atoms with Crippen LogP contribution in [0.3, 0.4) is 0 Å². The lowest BCUT2D eigenvalue weighted by Crippen LogP contribution is -2.43. The maximum Gasteiger partial charge on any atom is 0.332 e. The fourth-order valence-corrected chi connectivity index (χ4v) is 2.86. The Balaban J connectivity index is 1.94. The number of urea groups is 1. The molecule has 8 heteroatoms. The largest absolute Gasteiger partial charge is 0.332 e. The zero-order valence-electron chi connectivity index (χ0n) is 13.1. The maximum atomic E-state index is 12.8. The van der Waals surface area contributed by atoms with Gasteiger partial charge in [-0.3, -0.25) is 4.79 Å². The van der Waals surface area contributed by atoms with E-state index in [0.29, 0.717) is 11.4 Å². The van der Waals surface area contributed by atoms with Gasteiger partial charge in [0.05, 0.1) is 17.9 Å². The highest BCUT2D eigenvalue weighted by molar-refractivity contribution is 7.80. The van der Waals surface area contributed by atoms with E-state index in [9.17, 15) is 9.59 Å². The number of halogens is 1. The van der Waals surface area contributed by atoms with Crippen molar-refractivity contribution in [1.82, 2.24) is 14.9 Å². The van der Waals surface area contributed by atoms with Crippen molar-refractivity contribution in [3.63, 3.8) is 0 Å². The van der Waals surface area contributed by atoms with Gasteiger partial charge in [0, 0.05) is 11.1 Å². The fourth-order valence-electron chi connectivity index (χ4n) is 2.55. The number of rotatable bonds is 3. The van der Waals surface area contributed by atoms with Crippen LogP contribution in [0.15, 0.2) is 41.4 Å². The van der Waals surface area contributed by atoms with E-state index in [0.717, 1.165) is 4.90 Å². The molecule has 6 nitrogen and oxygen atoms in total. The number of anilines is 1.